The van der Waals surface area contributed by atoms with E-state index in [2.05, 4.69) is 11.0 Å². The summed E-state index contributed by atoms with van der Waals surface area (Å²) in [5.41, 5.74) is 1.90. The second-order valence-corrected chi connectivity index (χ2v) is 5.08. The van der Waals surface area contributed by atoms with Crippen LogP contribution in [0.2, 0.25) is 0 Å². The van der Waals surface area contributed by atoms with Crippen LogP contribution in [0.25, 0.3) is 0 Å². The second-order valence-electron chi connectivity index (χ2n) is 5.08. The van der Waals surface area contributed by atoms with Crippen molar-refractivity contribution in [2.45, 2.75) is 43.9 Å². The van der Waals surface area contributed by atoms with Gasteiger partial charge in [0, 0.05) is 17.8 Å². The number of nitriles is 1. The van der Waals surface area contributed by atoms with Gasteiger partial charge in [0.05, 0.1) is 17.7 Å². The molecule has 2 atom stereocenters. The second kappa shape index (κ2) is 4.05. The first-order valence-electron chi connectivity index (χ1n) is 6.24. The van der Waals surface area contributed by atoms with Gasteiger partial charge in [0.1, 0.15) is 0 Å². The van der Waals surface area contributed by atoms with Crippen LogP contribution < -0.4 is 4.90 Å². The molecule has 0 radical (unpaired) electrons. The molecule has 0 spiro atoms. The van der Waals surface area contributed by atoms with Gasteiger partial charge in [0.15, 0.2) is 0 Å². The topological polar surface area (TPSA) is 47.3 Å². The zero-order valence-corrected chi connectivity index (χ0v) is 9.71. The SMILES string of the molecule is N#Cc1ccc(N2C3CCC2CC(O)C3)cc1. The van der Waals surface area contributed by atoms with Gasteiger partial charge in [-0.15, -0.1) is 0 Å². The Morgan fingerprint density at radius 2 is 1.71 bits per heavy atom. The Kier molecular flexibility index (Phi) is 2.53. The number of nitrogens with zero attached hydrogens (tertiary/aromatic N) is 2. The highest BCUT2D eigenvalue weighted by Crippen LogP contribution is 2.39. The molecule has 2 aliphatic rings. The van der Waals surface area contributed by atoms with Gasteiger partial charge in [0.2, 0.25) is 0 Å². The Hall–Kier alpha value is -1.53. The van der Waals surface area contributed by atoms with E-state index in [1.807, 2.05) is 24.3 Å². The van der Waals surface area contributed by atoms with Gasteiger partial charge in [-0.25, -0.2) is 0 Å². The highest BCUT2D eigenvalue weighted by Gasteiger charge is 2.40. The van der Waals surface area contributed by atoms with E-state index in [-0.39, 0.29) is 6.10 Å². The molecule has 2 aliphatic heterocycles. The van der Waals surface area contributed by atoms with Crippen molar-refractivity contribution in [3.63, 3.8) is 0 Å². The molecule has 2 saturated heterocycles. The zero-order valence-electron chi connectivity index (χ0n) is 9.71. The number of hydrogen-bond acceptors (Lipinski definition) is 3. The zero-order chi connectivity index (χ0) is 11.8. The maximum Gasteiger partial charge on any atom is 0.0991 e. The van der Waals surface area contributed by atoms with Crippen molar-refractivity contribution >= 4 is 5.69 Å². The molecule has 17 heavy (non-hydrogen) atoms. The van der Waals surface area contributed by atoms with Crippen LogP contribution in [0.3, 0.4) is 0 Å². The van der Waals surface area contributed by atoms with E-state index in [4.69, 9.17) is 5.26 Å². The molecule has 3 nitrogen and oxygen atoms in total. The van der Waals surface area contributed by atoms with E-state index in [0.29, 0.717) is 17.6 Å². The third-order valence-electron chi connectivity index (χ3n) is 4.00. The van der Waals surface area contributed by atoms with Crippen molar-refractivity contribution < 1.29 is 5.11 Å². The summed E-state index contributed by atoms with van der Waals surface area (Å²) in [6.45, 7) is 0. The lowest BCUT2D eigenvalue weighted by Crippen LogP contribution is -2.44. The Bertz CT molecular complexity index is 434. The molecule has 3 rings (SSSR count). The Morgan fingerprint density at radius 1 is 1.12 bits per heavy atom. The number of benzene rings is 1. The third-order valence-corrected chi connectivity index (χ3v) is 4.00. The summed E-state index contributed by atoms with van der Waals surface area (Å²) in [7, 11) is 0. The summed E-state index contributed by atoms with van der Waals surface area (Å²) in [6.07, 6.45) is 4.01. The summed E-state index contributed by atoms with van der Waals surface area (Å²) >= 11 is 0. The van der Waals surface area contributed by atoms with Gasteiger partial charge < -0.3 is 10.0 Å². The fourth-order valence-electron chi connectivity index (χ4n) is 3.28. The number of anilines is 1. The highest BCUT2D eigenvalue weighted by atomic mass is 16.3. The maximum absolute atomic E-state index is 9.77. The number of hydrogen-bond donors (Lipinski definition) is 1. The molecule has 2 fully saturated rings. The molecule has 0 aliphatic carbocycles. The first-order chi connectivity index (χ1) is 8.28. The average Bonchev–Trinajstić information content (AvgIpc) is 2.62. The van der Waals surface area contributed by atoms with Crippen LogP contribution in [0.5, 0.6) is 0 Å². The minimum Gasteiger partial charge on any atom is -0.393 e. The van der Waals surface area contributed by atoms with Crippen molar-refractivity contribution in [3.05, 3.63) is 29.8 Å². The molecule has 0 aromatic heterocycles. The third kappa shape index (κ3) is 1.79. The van der Waals surface area contributed by atoms with E-state index >= 15 is 0 Å². The standard InChI is InChI=1S/C14H16N2O/c15-9-10-1-3-11(4-2-10)16-12-5-6-13(16)8-14(17)7-12/h1-4,12-14,17H,5-8H2. The quantitative estimate of drug-likeness (QED) is 0.800. The molecule has 2 heterocycles. The van der Waals surface area contributed by atoms with Crippen LogP contribution >= 0.6 is 0 Å². The first kappa shape index (κ1) is 10.6. The average molecular weight is 228 g/mol. The van der Waals surface area contributed by atoms with Gasteiger partial charge in [-0.05, 0) is 49.9 Å². The molecule has 2 unspecified atom stereocenters. The molecular weight excluding hydrogens is 212 g/mol. The van der Waals surface area contributed by atoms with E-state index in [9.17, 15) is 5.11 Å². The van der Waals surface area contributed by atoms with E-state index in [0.717, 1.165) is 12.8 Å². The van der Waals surface area contributed by atoms with E-state index in [1.54, 1.807) is 0 Å². The van der Waals surface area contributed by atoms with Crippen molar-refractivity contribution in [3.8, 4) is 6.07 Å². The lowest BCUT2D eigenvalue weighted by molar-refractivity contribution is 0.126. The molecule has 0 amide bonds. The van der Waals surface area contributed by atoms with Crippen molar-refractivity contribution in [2.24, 2.45) is 0 Å². The molecule has 1 aromatic rings. The van der Waals surface area contributed by atoms with Gasteiger partial charge in [0.25, 0.3) is 0 Å². The first-order valence-corrected chi connectivity index (χ1v) is 6.24. The van der Waals surface area contributed by atoms with Crippen LogP contribution in [0, 0.1) is 11.3 Å². The predicted molar refractivity (Wildman–Crippen MR) is 65.7 cm³/mol. The lowest BCUT2D eigenvalue weighted by atomic mass is 9.99. The molecule has 0 saturated carbocycles. The highest BCUT2D eigenvalue weighted by molar-refractivity contribution is 5.53. The van der Waals surface area contributed by atoms with Crippen LogP contribution in [0.1, 0.15) is 31.2 Å². The van der Waals surface area contributed by atoms with Crippen LogP contribution in [-0.2, 0) is 0 Å². The largest absolute Gasteiger partial charge is 0.393 e. The smallest absolute Gasteiger partial charge is 0.0991 e. The van der Waals surface area contributed by atoms with Gasteiger partial charge in [-0.1, -0.05) is 0 Å². The molecule has 88 valence electrons. The van der Waals surface area contributed by atoms with E-state index < -0.39 is 0 Å². The molecule has 2 bridgehead atoms. The van der Waals surface area contributed by atoms with Crippen molar-refractivity contribution in [1.29, 1.82) is 5.26 Å². The summed E-state index contributed by atoms with van der Waals surface area (Å²) < 4.78 is 0. The number of rotatable bonds is 1. The van der Waals surface area contributed by atoms with Gasteiger partial charge in [-0.2, -0.15) is 5.26 Å². The number of aliphatic hydroxyl groups is 1. The van der Waals surface area contributed by atoms with E-state index in [1.165, 1.54) is 18.5 Å². The number of aliphatic hydroxyl groups excluding tert-OH is 1. The predicted octanol–water partition coefficient (Wildman–Crippen LogP) is 2.05. The summed E-state index contributed by atoms with van der Waals surface area (Å²) in [4.78, 5) is 2.44. The Labute approximate surface area is 101 Å². The number of fused-ring (bicyclic) bond motifs is 2. The maximum atomic E-state index is 9.77. The molecule has 1 N–H and O–H groups in total. The Morgan fingerprint density at radius 3 is 2.24 bits per heavy atom. The van der Waals surface area contributed by atoms with Crippen molar-refractivity contribution in [1.82, 2.24) is 0 Å². The fraction of sp³-hybridized carbons (Fsp3) is 0.500. The van der Waals surface area contributed by atoms with Gasteiger partial charge in [-0.3, -0.25) is 0 Å². The van der Waals surface area contributed by atoms with Crippen LogP contribution in [-0.4, -0.2) is 23.3 Å². The Balaban J connectivity index is 1.87. The van der Waals surface area contributed by atoms with Crippen LogP contribution in [0.15, 0.2) is 24.3 Å². The number of piperidine rings is 1. The van der Waals surface area contributed by atoms with Gasteiger partial charge >= 0.3 is 0 Å². The summed E-state index contributed by atoms with van der Waals surface area (Å²) in [5.74, 6) is 0. The molecule has 3 heteroatoms. The summed E-state index contributed by atoms with van der Waals surface area (Å²) in [5, 5.41) is 18.6. The summed E-state index contributed by atoms with van der Waals surface area (Å²) in [6, 6.07) is 10.9. The lowest BCUT2D eigenvalue weighted by Gasteiger charge is -2.39. The normalized spacial score (nSPS) is 31.3. The monoisotopic (exact) mass is 228 g/mol. The molecular formula is C14H16N2O. The minimum atomic E-state index is -0.123. The van der Waals surface area contributed by atoms with Crippen LogP contribution in [0.4, 0.5) is 5.69 Å². The minimum absolute atomic E-state index is 0.123. The molecule has 1 aromatic carbocycles. The fourth-order valence-corrected chi connectivity index (χ4v) is 3.28. The van der Waals surface area contributed by atoms with Crippen molar-refractivity contribution in [2.75, 3.05) is 4.90 Å².